The second-order valence-electron chi connectivity index (χ2n) is 3.68. The van der Waals surface area contributed by atoms with E-state index in [4.69, 9.17) is 4.42 Å². The minimum atomic E-state index is -0.428. The van der Waals surface area contributed by atoms with Crippen molar-refractivity contribution in [2.24, 2.45) is 0 Å². The molecule has 0 fully saturated rings. The van der Waals surface area contributed by atoms with Crippen molar-refractivity contribution < 1.29 is 9.34 Å². The third-order valence-electron chi connectivity index (χ3n) is 2.63. The van der Waals surface area contributed by atoms with Gasteiger partial charge < -0.3 is 4.42 Å². The van der Waals surface area contributed by atoms with Gasteiger partial charge in [0.2, 0.25) is 0 Å². The predicted octanol–water partition coefficient (Wildman–Crippen LogP) is 4.26. The van der Waals surface area contributed by atoms with Crippen LogP contribution >= 0.6 is 15.9 Å². The monoisotopic (exact) mass is 291 g/mol. The van der Waals surface area contributed by atoms with Gasteiger partial charge in [-0.1, -0.05) is 15.9 Å². The zero-order valence-electron chi connectivity index (χ0n) is 8.51. The molecule has 0 saturated carbocycles. The highest BCUT2D eigenvalue weighted by atomic mass is 79.9. The number of nitro groups is 1. The molecule has 5 heteroatoms. The molecule has 84 valence electrons. The molecule has 0 unspecified atom stereocenters. The Kier molecular flexibility index (Phi) is 2.16. The van der Waals surface area contributed by atoms with Gasteiger partial charge in [-0.2, -0.15) is 0 Å². The van der Waals surface area contributed by atoms with Crippen molar-refractivity contribution in [2.45, 2.75) is 0 Å². The average molecular weight is 292 g/mol. The van der Waals surface area contributed by atoms with Crippen molar-refractivity contribution in [3.05, 3.63) is 51.0 Å². The van der Waals surface area contributed by atoms with Gasteiger partial charge in [-0.3, -0.25) is 10.1 Å². The fourth-order valence-electron chi connectivity index (χ4n) is 1.85. The first-order valence-electron chi connectivity index (χ1n) is 4.91. The van der Waals surface area contributed by atoms with E-state index in [-0.39, 0.29) is 5.69 Å². The molecule has 0 spiro atoms. The summed E-state index contributed by atoms with van der Waals surface area (Å²) in [6.45, 7) is 0. The molecule has 3 rings (SSSR count). The summed E-state index contributed by atoms with van der Waals surface area (Å²) in [5.41, 5.74) is 1.29. The minimum absolute atomic E-state index is 0.0376. The number of hydrogen-bond acceptors (Lipinski definition) is 3. The molecule has 0 atom stereocenters. The van der Waals surface area contributed by atoms with E-state index in [1.54, 1.807) is 6.07 Å². The van der Waals surface area contributed by atoms with Crippen LogP contribution in [0.4, 0.5) is 5.69 Å². The number of hydrogen-bond donors (Lipinski definition) is 0. The van der Waals surface area contributed by atoms with Crippen LogP contribution in [0.3, 0.4) is 0 Å². The molecule has 3 aromatic rings. The van der Waals surface area contributed by atoms with Crippen LogP contribution in [-0.2, 0) is 0 Å². The van der Waals surface area contributed by atoms with E-state index in [0.717, 1.165) is 20.8 Å². The molecular weight excluding hydrogens is 286 g/mol. The van der Waals surface area contributed by atoms with Crippen molar-refractivity contribution in [1.29, 1.82) is 0 Å². The summed E-state index contributed by atoms with van der Waals surface area (Å²) in [5, 5.41) is 12.5. The Morgan fingerprint density at radius 2 is 1.71 bits per heavy atom. The number of non-ortho nitro benzene ring substituents is 1. The highest BCUT2D eigenvalue weighted by Crippen LogP contribution is 2.32. The largest absolute Gasteiger partial charge is 0.456 e. The highest BCUT2D eigenvalue weighted by molar-refractivity contribution is 9.10. The highest BCUT2D eigenvalue weighted by Gasteiger charge is 2.12. The lowest BCUT2D eigenvalue weighted by Crippen LogP contribution is -1.85. The quantitative estimate of drug-likeness (QED) is 0.497. The lowest BCUT2D eigenvalue weighted by molar-refractivity contribution is -0.384. The zero-order valence-corrected chi connectivity index (χ0v) is 10.1. The standard InChI is InChI=1S/C12H6BrNO3/c13-7-1-3-9-10-4-2-8(14(15)16)6-12(10)17-11(9)5-7/h1-6H. The van der Waals surface area contributed by atoms with Gasteiger partial charge in [0, 0.05) is 21.3 Å². The molecule has 17 heavy (non-hydrogen) atoms. The van der Waals surface area contributed by atoms with E-state index in [1.807, 2.05) is 18.2 Å². The maximum Gasteiger partial charge on any atom is 0.273 e. The Bertz CT molecular complexity index is 748. The van der Waals surface area contributed by atoms with Crippen molar-refractivity contribution in [3.8, 4) is 0 Å². The molecule has 1 aromatic heterocycles. The number of fused-ring (bicyclic) bond motifs is 3. The van der Waals surface area contributed by atoms with Gasteiger partial charge >= 0.3 is 0 Å². The van der Waals surface area contributed by atoms with Crippen molar-refractivity contribution in [3.63, 3.8) is 0 Å². The first kappa shape index (κ1) is 10.3. The lowest BCUT2D eigenvalue weighted by atomic mass is 10.1. The molecular formula is C12H6BrNO3. The third kappa shape index (κ3) is 1.59. The Balaban J connectivity index is 2.38. The Morgan fingerprint density at radius 1 is 1.06 bits per heavy atom. The number of benzene rings is 2. The maximum atomic E-state index is 10.7. The summed E-state index contributed by atoms with van der Waals surface area (Å²) in [6.07, 6.45) is 0. The van der Waals surface area contributed by atoms with E-state index >= 15 is 0 Å². The fraction of sp³-hybridized carbons (Fsp3) is 0. The smallest absolute Gasteiger partial charge is 0.273 e. The normalized spacial score (nSPS) is 11.1. The average Bonchev–Trinajstić information content (AvgIpc) is 2.64. The van der Waals surface area contributed by atoms with E-state index in [9.17, 15) is 10.1 Å². The van der Waals surface area contributed by atoms with Gasteiger partial charge in [0.1, 0.15) is 11.2 Å². The van der Waals surface area contributed by atoms with Gasteiger partial charge in [0.05, 0.1) is 11.0 Å². The van der Waals surface area contributed by atoms with Crippen molar-refractivity contribution in [2.75, 3.05) is 0 Å². The van der Waals surface area contributed by atoms with Gasteiger partial charge in [0.25, 0.3) is 5.69 Å². The summed E-state index contributed by atoms with van der Waals surface area (Å²) in [7, 11) is 0. The molecule has 0 aliphatic rings. The van der Waals surface area contributed by atoms with Crippen molar-refractivity contribution >= 4 is 43.6 Å². The molecule has 1 heterocycles. The molecule has 0 aliphatic carbocycles. The molecule has 0 amide bonds. The van der Waals surface area contributed by atoms with Gasteiger partial charge in [-0.15, -0.1) is 0 Å². The Morgan fingerprint density at radius 3 is 2.41 bits per heavy atom. The van der Waals surface area contributed by atoms with Crippen LogP contribution in [0, 0.1) is 10.1 Å². The third-order valence-corrected chi connectivity index (χ3v) is 3.12. The number of furan rings is 1. The van der Waals surface area contributed by atoms with E-state index in [2.05, 4.69) is 15.9 Å². The minimum Gasteiger partial charge on any atom is -0.456 e. The first-order chi connectivity index (χ1) is 8.15. The van der Waals surface area contributed by atoms with Crippen LogP contribution in [0.25, 0.3) is 21.9 Å². The molecule has 2 aromatic carbocycles. The predicted molar refractivity (Wildman–Crippen MR) is 68.1 cm³/mol. The zero-order chi connectivity index (χ0) is 12.0. The summed E-state index contributed by atoms with van der Waals surface area (Å²) in [4.78, 5) is 10.2. The number of rotatable bonds is 1. The van der Waals surface area contributed by atoms with E-state index < -0.39 is 4.92 Å². The van der Waals surface area contributed by atoms with E-state index in [0.29, 0.717) is 5.58 Å². The fourth-order valence-corrected chi connectivity index (χ4v) is 2.19. The van der Waals surface area contributed by atoms with Gasteiger partial charge in [-0.25, -0.2) is 0 Å². The number of halogens is 1. The SMILES string of the molecule is O=[N+]([O-])c1ccc2c(c1)oc1cc(Br)ccc12. The molecule has 0 radical (unpaired) electrons. The van der Waals surface area contributed by atoms with E-state index in [1.165, 1.54) is 12.1 Å². The molecule has 0 saturated heterocycles. The molecule has 0 N–H and O–H groups in total. The lowest BCUT2D eigenvalue weighted by Gasteiger charge is -1.90. The molecule has 4 nitrogen and oxygen atoms in total. The molecule has 0 aliphatic heterocycles. The summed E-state index contributed by atoms with van der Waals surface area (Å²) in [5.74, 6) is 0. The van der Waals surface area contributed by atoms with Crippen LogP contribution in [0.5, 0.6) is 0 Å². The summed E-state index contributed by atoms with van der Waals surface area (Å²) < 4.78 is 6.50. The summed E-state index contributed by atoms with van der Waals surface area (Å²) in [6, 6.07) is 10.3. The first-order valence-corrected chi connectivity index (χ1v) is 5.71. The molecule has 0 bridgehead atoms. The Labute approximate surface area is 104 Å². The van der Waals surface area contributed by atoms with Gasteiger partial charge in [-0.05, 0) is 24.3 Å². The van der Waals surface area contributed by atoms with Crippen LogP contribution in [0.15, 0.2) is 45.3 Å². The number of nitro benzene ring substituents is 1. The number of nitrogens with zero attached hydrogens (tertiary/aromatic N) is 1. The summed E-state index contributed by atoms with van der Waals surface area (Å²) >= 11 is 3.36. The topological polar surface area (TPSA) is 56.3 Å². The van der Waals surface area contributed by atoms with Gasteiger partial charge in [0.15, 0.2) is 0 Å². The Hall–Kier alpha value is -1.88. The van der Waals surface area contributed by atoms with Crippen LogP contribution in [0.1, 0.15) is 0 Å². The van der Waals surface area contributed by atoms with Crippen LogP contribution in [0.2, 0.25) is 0 Å². The van der Waals surface area contributed by atoms with Crippen molar-refractivity contribution in [1.82, 2.24) is 0 Å². The second kappa shape index (κ2) is 3.56. The van der Waals surface area contributed by atoms with Crippen LogP contribution < -0.4 is 0 Å². The maximum absolute atomic E-state index is 10.7. The second-order valence-corrected chi connectivity index (χ2v) is 4.60. The van der Waals surface area contributed by atoms with Crippen LogP contribution in [-0.4, -0.2) is 4.92 Å².